The number of carbonyl (C=O) groups is 4. The second-order valence-corrected chi connectivity index (χ2v) is 7.04. The van der Waals surface area contributed by atoms with Crippen LogP contribution in [0, 0.1) is 0 Å². The van der Waals surface area contributed by atoms with Crippen molar-refractivity contribution in [1.29, 1.82) is 0 Å². The Morgan fingerprint density at radius 1 is 0.613 bits per heavy atom. The molecule has 0 saturated carbocycles. The number of Topliss-reactive ketones (excluding diaryl/α,β-unsaturated/α-hetero) is 2. The molecular weight excluding hydrogens is 396 g/mol. The molecule has 1 aliphatic carbocycles. The van der Waals surface area contributed by atoms with E-state index < -0.39 is 29.4 Å². The van der Waals surface area contributed by atoms with E-state index in [2.05, 4.69) is 0 Å². The van der Waals surface area contributed by atoms with Crippen LogP contribution in [0.4, 0.5) is 0 Å². The summed E-state index contributed by atoms with van der Waals surface area (Å²) in [6.45, 7) is 0. The van der Waals surface area contributed by atoms with Crippen LogP contribution in [-0.4, -0.2) is 33.7 Å². The maximum absolute atomic E-state index is 13.3. The summed E-state index contributed by atoms with van der Waals surface area (Å²) in [5.41, 5.74) is 1.14. The SMILES string of the molecule is O=C(O)c1ccccc1C(=O)C1=CC(C(=O)c2ccccc2C(=O)O)c2ccccc21. The van der Waals surface area contributed by atoms with Gasteiger partial charge in [0.25, 0.3) is 0 Å². The minimum Gasteiger partial charge on any atom is -0.478 e. The van der Waals surface area contributed by atoms with Gasteiger partial charge in [0.2, 0.25) is 0 Å². The number of carboxylic acid groups (broad SMARTS) is 2. The Hall–Kier alpha value is -4.32. The molecule has 3 aromatic rings. The first-order chi connectivity index (χ1) is 14.9. The number of aromatic carboxylic acids is 2. The van der Waals surface area contributed by atoms with E-state index in [0.29, 0.717) is 11.1 Å². The highest BCUT2D eigenvalue weighted by Gasteiger charge is 2.34. The van der Waals surface area contributed by atoms with Gasteiger partial charge in [-0.2, -0.15) is 0 Å². The van der Waals surface area contributed by atoms with Crippen LogP contribution < -0.4 is 0 Å². The van der Waals surface area contributed by atoms with Crippen molar-refractivity contribution in [2.75, 3.05) is 0 Å². The van der Waals surface area contributed by atoms with Crippen LogP contribution in [0.15, 0.2) is 78.9 Å². The maximum atomic E-state index is 13.3. The summed E-state index contributed by atoms with van der Waals surface area (Å²) in [5.74, 6) is -4.25. The fourth-order valence-corrected chi connectivity index (χ4v) is 3.84. The Morgan fingerprint density at radius 3 is 1.71 bits per heavy atom. The molecule has 3 aromatic carbocycles. The summed E-state index contributed by atoms with van der Waals surface area (Å²) in [5, 5.41) is 18.9. The molecule has 152 valence electrons. The lowest BCUT2D eigenvalue weighted by atomic mass is 9.90. The highest BCUT2D eigenvalue weighted by molar-refractivity contribution is 6.33. The number of benzene rings is 3. The summed E-state index contributed by atoms with van der Waals surface area (Å²) < 4.78 is 0. The summed E-state index contributed by atoms with van der Waals surface area (Å²) in [6.07, 6.45) is 1.49. The van der Waals surface area contributed by atoms with Crippen molar-refractivity contribution in [3.8, 4) is 0 Å². The number of hydrogen-bond acceptors (Lipinski definition) is 4. The van der Waals surface area contributed by atoms with Crippen LogP contribution in [-0.2, 0) is 0 Å². The van der Waals surface area contributed by atoms with Gasteiger partial charge in [-0.15, -0.1) is 0 Å². The number of allylic oxidation sites excluding steroid dienone is 2. The van der Waals surface area contributed by atoms with Gasteiger partial charge in [-0.25, -0.2) is 9.59 Å². The molecular formula is C25H16O6. The molecule has 6 heteroatoms. The fourth-order valence-electron chi connectivity index (χ4n) is 3.84. The van der Waals surface area contributed by atoms with E-state index in [9.17, 15) is 29.4 Å². The van der Waals surface area contributed by atoms with Gasteiger partial charge in [0.15, 0.2) is 11.6 Å². The first kappa shape index (κ1) is 20.0. The van der Waals surface area contributed by atoms with E-state index in [-0.39, 0.29) is 27.8 Å². The summed E-state index contributed by atoms with van der Waals surface area (Å²) >= 11 is 0. The zero-order valence-corrected chi connectivity index (χ0v) is 16.1. The first-order valence-electron chi connectivity index (χ1n) is 9.45. The third-order valence-electron chi connectivity index (χ3n) is 5.27. The van der Waals surface area contributed by atoms with Crippen LogP contribution in [0.1, 0.15) is 58.5 Å². The van der Waals surface area contributed by atoms with E-state index in [1.165, 1.54) is 42.5 Å². The van der Waals surface area contributed by atoms with Crippen LogP contribution in [0.2, 0.25) is 0 Å². The largest absolute Gasteiger partial charge is 0.478 e. The zero-order chi connectivity index (χ0) is 22.1. The smallest absolute Gasteiger partial charge is 0.336 e. The van der Waals surface area contributed by atoms with Gasteiger partial charge < -0.3 is 10.2 Å². The molecule has 0 aromatic heterocycles. The molecule has 0 spiro atoms. The average molecular weight is 412 g/mol. The molecule has 0 bridgehead atoms. The molecule has 31 heavy (non-hydrogen) atoms. The van der Waals surface area contributed by atoms with Crippen LogP contribution >= 0.6 is 0 Å². The van der Waals surface area contributed by atoms with E-state index >= 15 is 0 Å². The average Bonchev–Trinajstić information content (AvgIpc) is 3.17. The third-order valence-corrected chi connectivity index (χ3v) is 5.27. The minimum absolute atomic E-state index is 0.0232. The van der Waals surface area contributed by atoms with Crippen molar-refractivity contribution in [3.05, 3.63) is 112 Å². The van der Waals surface area contributed by atoms with Crippen molar-refractivity contribution < 1.29 is 29.4 Å². The molecule has 0 aliphatic heterocycles. The van der Waals surface area contributed by atoms with Gasteiger partial charge >= 0.3 is 11.9 Å². The Balaban J connectivity index is 1.83. The van der Waals surface area contributed by atoms with Crippen LogP contribution in [0.25, 0.3) is 5.57 Å². The van der Waals surface area contributed by atoms with Crippen molar-refractivity contribution in [2.45, 2.75) is 5.92 Å². The lowest BCUT2D eigenvalue weighted by Crippen LogP contribution is -2.14. The van der Waals surface area contributed by atoms with Gasteiger partial charge in [0.05, 0.1) is 17.0 Å². The summed E-state index contributed by atoms with van der Waals surface area (Å²) in [7, 11) is 0. The molecule has 0 radical (unpaired) electrons. The highest BCUT2D eigenvalue weighted by atomic mass is 16.4. The van der Waals surface area contributed by atoms with Crippen molar-refractivity contribution in [1.82, 2.24) is 0 Å². The summed E-state index contributed by atoms with van der Waals surface area (Å²) in [6, 6.07) is 18.7. The Morgan fingerprint density at radius 2 is 1.10 bits per heavy atom. The van der Waals surface area contributed by atoms with E-state index in [4.69, 9.17) is 0 Å². The van der Waals surface area contributed by atoms with Crippen LogP contribution in [0.5, 0.6) is 0 Å². The molecule has 4 rings (SSSR count). The Bertz CT molecular complexity index is 1280. The standard InChI is InChI=1S/C25H16O6/c26-22(16-9-3-5-11-18(16)24(28)29)20-13-21(15-8-2-1-7-14(15)20)23(27)17-10-4-6-12-19(17)25(30)31/h1-13,20H,(H,28,29)(H,30,31). The number of hydrogen-bond donors (Lipinski definition) is 2. The molecule has 6 nitrogen and oxygen atoms in total. The number of carboxylic acids is 2. The Labute approximate surface area is 177 Å². The molecule has 1 unspecified atom stereocenters. The monoisotopic (exact) mass is 412 g/mol. The van der Waals surface area contributed by atoms with Gasteiger partial charge in [0, 0.05) is 16.7 Å². The molecule has 0 saturated heterocycles. The zero-order valence-electron chi connectivity index (χ0n) is 16.1. The van der Waals surface area contributed by atoms with E-state index in [1.54, 1.807) is 36.4 Å². The molecule has 0 heterocycles. The van der Waals surface area contributed by atoms with Crippen LogP contribution in [0.3, 0.4) is 0 Å². The van der Waals surface area contributed by atoms with Crippen molar-refractivity contribution in [3.63, 3.8) is 0 Å². The molecule has 0 fully saturated rings. The van der Waals surface area contributed by atoms with E-state index in [0.717, 1.165) is 0 Å². The van der Waals surface area contributed by atoms with E-state index in [1.807, 2.05) is 0 Å². The molecule has 0 amide bonds. The number of carbonyl (C=O) groups excluding carboxylic acids is 2. The number of ketones is 2. The third kappa shape index (κ3) is 3.44. The lowest BCUT2D eigenvalue weighted by Gasteiger charge is -2.11. The highest BCUT2D eigenvalue weighted by Crippen LogP contribution is 2.40. The van der Waals surface area contributed by atoms with Crippen molar-refractivity contribution in [2.24, 2.45) is 0 Å². The van der Waals surface area contributed by atoms with Crippen molar-refractivity contribution >= 4 is 29.1 Å². The molecule has 1 aliphatic rings. The second kappa shape index (κ2) is 7.84. The Kier molecular flexibility index (Phi) is 5.05. The summed E-state index contributed by atoms with van der Waals surface area (Å²) in [4.78, 5) is 49.7. The van der Waals surface area contributed by atoms with Gasteiger partial charge in [-0.05, 0) is 23.3 Å². The number of fused-ring (bicyclic) bond motifs is 1. The second-order valence-electron chi connectivity index (χ2n) is 7.04. The maximum Gasteiger partial charge on any atom is 0.336 e. The number of rotatable bonds is 6. The predicted molar refractivity (Wildman–Crippen MR) is 113 cm³/mol. The quantitative estimate of drug-likeness (QED) is 0.584. The van der Waals surface area contributed by atoms with Gasteiger partial charge in [-0.1, -0.05) is 66.7 Å². The van der Waals surface area contributed by atoms with Gasteiger partial charge in [0.1, 0.15) is 0 Å². The fraction of sp³-hybridized carbons (Fsp3) is 0.0400. The molecule has 1 atom stereocenters. The normalized spacial score (nSPS) is 14.5. The topological polar surface area (TPSA) is 109 Å². The van der Waals surface area contributed by atoms with Gasteiger partial charge in [-0.3, -0.25) is 9.59 Å². The predicted octanol–water partition coefficient (Wildman–Crippen LogP) is 4.33. The molecule has 2 N–H and O–H groups in total. The first-order valence-corrected chi connectivity index (χ1v) is 9.45. The minimum atomic E-state index is -1.22. The lowest BCUT2D eigenvalue weighted by molar-refractivity contribution is 0.0683.